The quantitative estimate of drug-likeness (QED) is 0.567. The van der Waals surface area contributed by atoms with Gasteiger partial charge in [0.1, 0.15) is 0 Å². The lowest BCUT2D eigenvalue weighted by Crippen LogP contribution is -2.26. The monoisotopic (exact) mass is 377 g/mol. The number of carbonyl (C=O) groups excluding carboxylic acids is 2. The lowest BCUT2D eigenvalue weighted by molar-refractivity contribution is -0.138. The molecular formula is C20H18F3NO3. The third kappa shape index (κ3) is 5.44. The normalized spacial score (nSPS) is 11.4. The SMILES string of the molecule is CCOC(=O)/C=C/c1cccc(C(=O)N(C)c2cccc(C(F)(F)F)c2)c1. The lowest BCUT2D eigenvalue weighted by Gasteiger charge is -2.19. The number of hydrogen-bond donors (Lipinski definition) is 0. The van der Waals surface area contributed by atoms with Gasteiger partial charge in [-0.15, -0.1) is 0 Å². The summed E-state index contributed by atoms with van der Waals surface area (Å²) in [6, 6.07) is 11.0. The Morgan fingerprint density at radius 2 is 1.81 bits per heavy atom. The van der Waals surface area contributed by atoms with Crippen LogP contribution in [0, 0.1) is 0 Å². The minimum atomic E-state index is -4.49. The average Bonchev–Trinajstić information content (AvgIpc) is 2.65. The molecule has 0 aliphatic heterocycles. The van der Waals surface area contributed by atoms with E-state index in [1.54, 1.807) is 31.2 Å². The van der Waals surface area contributed by atoms with Crippen LogP contribution in [0.3, 0.4) is 0 Å². The zero-order valence-electron chi connectivity index (χ0n) is 14.8. The molecule has 0 fully saturated rings. The van der Waals surface area contributed by atoms with E-state index in [4.69, 9.17) is 4.74 Å². The highest BCUT2D eigenvalue weighted by Crippen LogP contribution is 2.31. The molecule has 2 aromatic carbocycles. The van der Waals surface area contributed by atoms with Gasteiger partial charge in [-0.3, -0.25) is 4.79 Å². The summed E-state index contributed by atoms with van der Waals surface area (Å²) in [5.74, 6) is -0.976. The molecule has 0 aliphatic carbocycles. The Morgan fingerprint density at radius 1 is 1.11 bits per heavy atom. The molecule has 27 heavy (non-hydrogen) atoms. The number of halogens is 3. The molecule has 2 aromatic rings. The zero-order chi connectivity index (χ0) is 20.0. The average molecular weight is 377 g/mol. The van der Waals surface area contributed by atoms with E-state index in [1.807, 2.05) is 0 Å². The van der Waals surface area contributed by atoms with E-state index in [9.17, 15) is 22.8 Å². The van der Waals surface area contributed by atoms with Gasteiger partial charge in [-0.25, -0.2) is 4.79 Å². The first kappa shape index (κ1) is 20.2. The lowest BCUT2D eigenvalue weighted by atomic mass is 10.1. The van der Waals surface area contributed by atoms with Gasteiger partial charge in [-0.2, -0.15) is 13.2 Å². The van der Waals surface area contributed by atoms with Gasteiger partial charge in [0.25, 0.3) is 5.91 Å². The molecule has 0 saturated heterocycles. The first-order valence-corrected chi connectivity index (χ1v) is 8.12. The van der Waals surface area contributed by atoms with Crippen molar-refractivity contribution in [3.05, 3.63) is 71.3 Å². The molecule has 0 radical (unpaired) electrons. The first-order chi connectivity index (χ1) is 12.7. The highest BCUT2D eigenvalue weighted by Gasteiger charge is 2.31. The van der Waals surface area contributed by atoms with Crippen molar-refractivity contribution >= 4 is 23.6 Å². The van der Waals surface area contributed by atoms with Gasteiger partial charge in [-0.1, -0.05) is 18.2 Å². The van der Waals surface area contributed by atoms with Crippen molar-refractivity contribution in [1.82, 2.24) is 0 Å². The van der Waals surface area contributed by atoms with Gasteiger partial charge in [0, 0.05) is 24.4 Å². The molecule has 0 spiro atoms. The Morgan fingerprint density at radius 3 is 2.48 bits per heavy atom. The number of ether oxygens (including phenoxy) is 1. The minimum Gasteiger partial charge on any atom is -0.463 e. The van der Waals surface area contributed by atoms with Crippen LogP contribution in [0.5, 0.6) is 0 Å². The first-order valence-electron chi connectivity index (χ1n) is 8.12. The number of hydrogen-bond acceptors (Lipinski definition) is 3. The molecule has 0 aromatic heterocycles. The number of alkyl halides is 3. The van der Waals surface area contributed by atoms with Gasteiger partial charge in [0.15, 0.2) is 0 Å². The number of esters is 1. The van der Waals surface area contributed by atoms with Crippen LogP contribution in [0.4, 0.5) is 18.9 Å². The Bertz CT molecular complexity index is 860. The molecule has 0 N–H and O–H groups in total. The fraction of sp³-hybridized carbons (Fsp3) is 0.200. The summed E-state index contributed by atoms with van der Waals surface area (Å²) in [6.07, 6.45) is -1.75. The van der Waals surface area contributed by atoms with Crippen molar-refractivity contribution in [2.45, 2.75) is 13.1 Å². The van der Waals surface area contributed by atoms with Crippen molar-refractivity contribution in [3.63, 3.8) is 0 Å². The predicted molar refractivity (Wildman–Crippen MR) is 96.3 cm³/mol. The van der Waals surface area contributed by atoms with E-state index >= 15 is 0 Å². The molecule has 0 atom stereocenters. The highest BCUT2D eigenvalue weighted by atomic mass is 19.4. The maximum absolute atomic E-state index is 12.9. The van der Waals surface area contributed by atoms with Crippen LogP contribution >= 0.6 is 0 Å². The maximum Gasteiger partial charge on any atom is 0.416 e. The second-order valence-corrected chi connectivity index (χ2v) is 5.62. The third-order valence-electron chi connectivity index (χ3n) is 3.70. The second kappa shape index (κ2) is 8.53. The van der Waals surface area contributed by atoms with Crippen LogP contribution in [0.25, 0.3) is 6.08 Å². The highest BCUT2D eigenvalue weighted by molar-refractivity contribution is 6.06. The summed E-state index contributed by atoms with van der Waals surface area (Å²) >= 11 is 0. The fourth-order valence-electron chi connectivity index (χ4n) is 2.33. The number of benzene rings is 2. The molecule has 0 unspecified atom stereocenters. The van der Waals surface area contributed by atoms with E-state index in [-0.39, 0.29) is 17.9 Å². The van der Waals surface area contributed by atoms with E-state index in [0.29, 0.717) is 5.56 Å². The Labute approximate surface area is 154 Å². The van der Waals surface area contributed by atoms with E-state index < -0.39 is 23.6 Å². The Hall–Kier alpha value is -3.09. The fourth-order valence-corrected chi connectivity index (χ4v) is 2.33. The van der Waals surface area contributed by atoms with E-state index in [2.05, 4.69) is 0 Å². The van der Waals surface area contributed by atoms with E-state index in [0.717, 1.165) is 17.0 Å². The van der Waals surface area contributed by atoms with E-state index in [1.165, 1.54) is 31.3 Å². The predicted octanol–water partition coefficient (Wildman–Crippen LogP) is 4.56. The van der Waals surface area contributed by atoms with Crippen molar-refractivity contribution in [1.29, 1.82) is 0 Å². The number of amides is 1. The van der Waals surface area contributed by atoms with Crippen molar-refractivity contribution in [2.24, 2.45) is 0 Å². The van der Waals surface area contributed by atoms with Crippen LogP contribution in [0.15, 0.2) is 54.6 Å². The van der Waals surface area contributed by atoms with Gasteiger partial charge in [0.2, 0.25) is 0 Å². The number of nitrogens with zero attached hydrogens (tertiary/aromatic N) is 1. The Balaban J connectivity index is 2.22. The number of rotatable bonds is 5. The smallest absolute Gasteiger partial charge is 0.416 e. The maximum atomic E-state index is 12.9. The standard InChI is InChI=1S/C20H18F3NO3/c1-3-27-18(25)11-10-14-6-4-7-15(12-14)19(26)24(2)17-9-5-8-16(13-17)20(21,22)23/h4-13H,3H2,1-2H3/b11-10+. The largest absolute Gasteiger partial charge is 0.463 e. The molecule has 0 heterocycles. The molecule has 7 heteroatoms. The van der Waals surface area contributed by atoms with Gasteiger partial charge in [-0.05, 0) is 48.9 Å². The zero-order valence-corrected chi connectivity index (χ0v) is 14.8. The topological polar surface area (TPSA) is 46.6 Å². The second-order valence-electron chi connectivity index (χ2n) is 5.62. The van der Waals surface area contributed by atoms with Crippen LogP contribution in [-0.4, -0.2) is 25.5 Å². The van der Waals surface area contributed by atoms with Crippen LogP contribution in [0.2, 0.25) is 0 Å². The summed E-state index contributed by atoms with van der Waals surface area (Å²) < 4.78 is 43.4. The molecule has 0 saturated carbocycles. The molecule has 1 amide bonds. The Kier molecular flexibility index (Phi) is 6.39. The third-order valence-corrected chi connectivity index (χ3v) is 3.70. The molecule has 0 aliphatic rings. The van der Waals surface area contributed by atoms with Crippen molar-refractivity contribution in [3.8, 4) is 0 Å². The van der Waals surface area contributed by atoms with Crippen LogP contribution in [0.1, 0.15) is 28.4 Å². The molecule has 4 nitrogen and oxygen atoms in total. The van der Waals surface area contributed by atoms with Crippen molar-refractivity contribution < 1.29 is 27.5 Å². The van der Waals surface area contributed by atoms with Crippen LogP contribution < -0.4 is 4.90 Å². The molecule has 142 valence electrons. The summed E-state index contributed by atoms with van der Waals surface area (Å²) in [6.45, 7) is 1.94. The molecule has 0 bridgehead atoms. The van der Waals surface area contributed by atoms with Gasteiger partial charge in [0.05, 0.1) is 12.2 Å². The summed E-state index contributed by atoms with van der Waals surface area (Å²) in [5.41, 5.74) is 0.167. The van der Waals surface area contributed by atoms with Gasteiger partial charge >= 0.3 is 12.1 Å². The number of carbonyl (C=O) groups is 2. The molecular weight excluding hydrogens is 359 g/mol. The van der Waals surface area contributed by atoms with Crippen LogP contribution in [-0.2, 0) is 15.7 Å². The minimum absolute atomic E-state index is 0.127. The number of anilines is 1. The summed E-state index contributed by atoms with van der Waals surface area (Å²) in [4.78, 5) is 25.1. The summed E-state index contributed by atoms with van der Waals surface area (Å²) in [7, 11) is 1.40. The van der Waals surface area contributed by atoms with Gasteiger partial charge < -0.3 is 9.64 Å². The molecule has 2 rings (SSSR count). The van der Waals surface area contributed by atoms with Crippen molar-refractivity contribution in [2.75, 3.05) is 18.6 Å². The summed E-state index contributed by atoms with van der Waals surface area (Å²) in [5, 5.41) is 0.